The number of aromatic carboxylic acids is 1. The third-order valence-corrected chi connectivity index (χ3v) is 5.44. The lowest BCUT2D eigenvalue weighted by Gasteiger charge is -2.15. The van der Waals surface area contributed by atoms with Crippen LogP contribution in [0, 0.1) is 6.92 Å². The molecular weight excluding hydrogens is 398 g/mol. The minimum absolute atomic E-state index is 0.119. The van der Waals surface area contributed by atoms with Crippen molar-refractivity contribution in [2.24, 2.45) is 0 Å². The van der Waals surface area contributed by atoms with Gasteiger partial charge >= 0.3 is 11.9 Å². The number of methoxy groups -OCH3 is 1. The van der Waals surface area contributed by atoms with Crippen molar-refractivity contribution in [2.75, 3.05) is 12.0 Å². The van der Waals surface area contributed by atoms with Gasteiger partial charge in [-0.1, -0.05) is 42.2 Å². The van der Waals surface area contributed by atoms with Crippen molar-refractivity contribution in [2.45, 2.75) is 6.92 Å². The van der Waals surface area contributed by atoms with E-state index in [2.05, 4.69) is 4.74 Å². The van der Waals surface area contributed by atoms with Gasteiger partial charge in [0, 0.05) is 0 Å². The number of hydrogen-bond donors (Lipinski definition) is 1. The molecule has 2 aromatic carbocycles. The minimum atomic E-state index is -1.06. The minimum Gasteiger partial charge on any atom is -0.478 e. The number of carboxylic acid groups (broad SMARTS) is 1. The molecule has 0 bridgehead atoms. The predicted molar refractivity (Wildman–Crippen MR) is 112 cm³/mol. The van der Waals surface area contributed by atoms with Crippen LogP contribution in [0.2, 0.25) is 0 Å². The van der Waals surface area contributed by atoms with Gasteiger partial charge in [0.1, 0.15) is 0 Å². The third kappa shape index (κ3) is 3.83. The van der Waals surface area contributed by atoms with Crippen molar-refractivity contribution < 1.29 is 24.2 Å². The molecule has 142 valence electrons. The molecule has 1 aliphatic rings. The van der Waals surface area contributed by atoms with Gasteiger partial charge in [-0.05, 0) is 48.4 Å². The standard InChI is InChI=1S/C20H15NO5S2/c1-11-3-8-14(10-15(11)18(23)24)21-17(22)16(28-20(21)27)9-12-4-6-13(7-5-12)19(25)26-2/h3-10H,1-2H3,(H,23,24). The number of carbonyl (C=O) groups is 3. The predicted octanol–water partition coefficient (Wildman–Crippen LogP) is 3.89. The van der Waals surface area contributed by atoms with Crippen LogP contribution in [0.3, 0.4) is 0 Å². The van der Waals surface area contributed by atoms with Crippen LogP contribution in [0.4, 0.5) is 5.69 Å². The smallest absolute Gasteiger partial charge is 0.337 e. The van der Waals surface area contributed by atoms with Gasteiger partial charge in [0.15, 0.2) is 4.32 Å². The van der Waals surface area contributed by atoms with Crippen LogP contribution in [-0.2, 0) is 9.53 Å². The maximum absolute atomic E-state index is 12.8. The van der Waals surface area contributed by atoms with Gasteiger partial charge < -0.3 is 9.84 Å². The summed E-state index contributed by atoms with van der Waals surface area (Å²) in [7, 11) is 1.31. The van der Waals surface area contributed by atoms with E-state index >= 15 is 0 Å². The molecule has 28 heavy (non-hydrogen) atoms. The molecule has 0 radical (unpaired) electrons. The number of ether oxygens (including phenoxy) is 1. The highest BCUT2D eigenvalue weighted by Gasteiger charge is 2.33. The Hall–Kier alpha value is -2.97. The first kappa shape index (κ1) is 19.8. The number of carbonyl (C=O) groups excluding carboxylic acids is 2. The number of carboxylic acids is 1. The summed E-state index contributed by atoms with van der Waals surface area (Å²) in [5.74, 6) is -1.83. The number of thiocarbonyl (C=S) groups is 1. The topological polar surface area (TPSA) is 83.9 Å². The first-order valence-corrected chi connectivity index (χ1v) is 9.34. The van der Waals surface area contributed by atoms with Crippen molar-refractivity contribution in [1.82, 2.24) is 0 Å². The summed E-state index contributed by atoms with van der Waals surface area (Å²) >= 11 is 6.46. The van der Waals surface area contributed by atoms with Crippen molar-refractivity contribution in [3.63, 3.8) is 0 Å². The quantitative estimate of drug-likeness (QED) is 0.462. The second-order valence-corrected chi connectivity index (χ2v) is 7.61. The molecule has 1 amide bonds. The van der Waals surface area contributed by atoms with E-state index in [9.17, 15) is 19.5 Å². The molecule has 0 aliphatic carbocycles. The van der Waals surface area contributed by atoms with Gasteiger partial charge in [-0.3, -0.25) is 9.69 Å². The fourth-order valence-corrected chi connectivity index (χ4v) is 3.95. The summed E-state index contributed by atoms with van der Waals surface area (Å²) < 4.78 is 4.98. The number of nitrogens with zero attached hydrogens (tertiary/aromatic N) is 1. The number of rotatable bonds is 4. The van der Waals surface area contributed by atoms with Crippen molar-refractivity contribution >= 4 is 57.9 Å². The molecule has 1 aliphatic heterocycles. The van der Waals surface area contributed by atoms with E-state index in [1.54, 1.807) is 49.4 Å². The molecule has 0 saturated carbocycles. The third-order valence-electron chi connectivity index (χ3n) is 4.13. The molecule has 1 N–H and O–H groups in total. The maximum atomic E-state index is 12.8. The van der Waals surface area contributed by atoms with Gasteiger partial charge in [-0.2, -0.15) is 0 Å². The average molecular weight is 413 g/mol. The molecule has 1 heterocycles. The highest BCUT2D eigenvalue weighted by molar-refractivity contribution is 8.27. The lowest BCUT2D eigenvalue weighted by molar-refractivity contribution is -0.113. The van der Waals surface area contributed by atoms with E-state index < -0.39 is 11.9 Å². The normalized spacial score (nSPS) is 15.2. The molecule has 1 fully saturated rings. The summed E-state index contributed by atoms with van der Waals surface area (Å²) in [6.45, 7) is 1.69. The highest BCUT2D eigenvalue weighted by atomic mass is 32.2. The number of esters is 1. The number of aryl methyl sites for hydroxylation is 1. The largest absolute Gasteiger partial charge is 0.478 e. The summed E-state index contributed by atoms with van der Waals surface area (Å²) in [5, 5.41) is 9.31. The van der Waals surface area contributed by atoms with Gasteiger partial charge in [0.25, 0.3) is 5.91 Å². The lowest BCUT2D eigenvalue weighted by Crippen LogP contribution is -2.27. The Balaban J connectivity index is 1.89. The van der Waals surface area contributed by atoms with E-state index in [1.807, 2.05) is 0 Å². The Kier molecular flexibility index (Phi) is 5.62. The lowest BCUT2D eigenvalue weighted by atomic mass is 10.1. The number of benzene rings is 2. The van der Waals surface area contributed by atoms with Crippen LogP contribution in [0.25, 0.3) is 6.08 Å². The monoisotopic (exact) mass is 413 g/mol. The van der Waals surface area contributed by atoms with Gasteiger partial charge in [-0.25, -0.2) is 9.59 Å². The van der Waals surface area contributed by atoms with Crippen LogP contribution >= 0.6 is 24.0 Å². The van der Waals surface area contributed by atoms with Crippen LogP contribution in [0.1, 0.15) is 31.8 Å². The average Bonchev–Trinajstić information content (AvgIpc) is 2.95. The summed E-state index contributed by atoms with van der Waals surface area (Å²) in [6, 6.07) is 11.4. The fraction of sp³-hybridized carbons (Fsp3) is 0.100. The Morgan fingerprint density at radius 3 is 2.46 bits per heavy atom. The summed E-state index contributed by atoms with van der Waals surface area (Å²) in [6.07, 6.45) is 1.67. The molecule has 3 rings (SSSR count). The van der Waals surface area contributed by atoms with Gasteiger partial charge in [0.05, 0.1) is 28.8 Å². The van der Waals surface area contributed by atoms with Crippen molar-refractivity contribution in [1.29, 1.82) is 0 Å². The molecule has 0 aromatic heterocycles. The van der Waals surface area contributed by atoms with E-state index in [-0.39, 0.29) is 11.5 Å². The number of thioether (sulfide) groups is 1. The molecule has 0 atom stereocenters. The van der Waals surface area contributed by atoms with E-state index in [4.69, 9.17) is 12.2 Å². The van der Waals surface area contributed by atoms with E-state index in [1.165, 1.54) is 18.1 Å². The number of hydrogen-bond acceptors (Lipinski definition) is 6. The Labute approximate surface area is 170 Å². The Morgan fingerprint density at radius 1 is 1.18 bits per heavy atom. The van der Waals surface area contributed by atoms with Crippen LogP contribution in [0.15, 0.2) is 47.4 Å². The molecule has 0 spiro atoms. The number of amides is 1. The first-order valence-electron chi connectivity index (χ1n) is 8.12. The Bertz CT molecular complexity index is 1030. The molecule has 1 saturated heterocycles. The van der Waals surface area contributed by atoms with Gasteiger partial charge in [-0.15, -0.1) is 0 Å². The molecular formula is C20H15NO5S2. The second kappa shape index (κ2) is 7.95. The fourth-order valence-electron chi connectivity index (χ4n) is 2.65. The van der Waals surface area contributed by atoms with Gasteiger partial charge in [0.2, 0.25) is 0 Å². The van der Waals surface area contributed by atoms with Crippen LogP contribution in [-0.4, -0.2) is 34.4 Å². The molecule has 0 unspecified atom stereocenters. The van der Waals surface area contributed by atoms with Crippen molar-refractivity contribution in [3.05, 3.63) is 69.6 Å². The zero-order valence-corrected chi connectivity index (χ0v) is 16.6. The first-order chi connectivity index (χ1) is 13.3. The molecule has 8 heteroatoms. The van der Waals surface area contributed by atoms with E-state index in [0.717, 1.165) is 17.3 Å². The SMILES string of the molecule is COC(=O)c1ccc(C=C2SC(=S)N(c3ccc(C)c(C(=O)O)c3)C2=O)cc1. The van der Waals surface area contributed by atoms with Crippen LogP contribution < -0.4 is 4.90 Å². The summed E-state index contributed by atoms with van der Waals surface area (Å²) in [5.41, 5.74) is 2.27. The maximum Gasteiger partial charge on any atom is 0.337 e. The second-order valence-electron chi connectivity index (χ2n) is 5.94. The zero-order chi connectivity index (χ0) is 20.4. The van der Waals surface area contributed by atoms with E-state index in [0.29, 0.717) is 26.0 Å². The molecule has 6 nitrogen and oxygen atoms in total. The molecule has 2 aromatic rings. The highest BCUT2D eigenvalue weighted by Crippen LogP contribution is 2.36. The zero-order valence-electron chi connectivity index (χ0n) is 15.0. The van der Waals surface area contributed by atoms with Crippen LogP contribution in [0.5, 0.6) is 0 Å². The Morgan fingerprint density at radius 2 is 1.86 bits per heavy atom. The van der Waals surface area contributed by atoms with Crippen molar-refractivity contribution in [3.8, 4) is 0 Å². The summed E-state index contributed by atoms with van der Waals surface area (Å²) in [4.78, 5) is 37.4. The number of anilines is 1.